The summed E-state index contributed by atoms with van der Waals surface area (Å²) in [6.07, 6.45) is 0. The van der Waals surface area contributed by atoms with Gasteiger partial charge in [0.05, 0.1) is 28.9 Å². The summed E-state index contributed by atoms with van der Waals surface area (Å²) in [5.74, 6) is -2.63. The Morgan fingerprint density at radius 3 is 2.15 bits per heavy atom. The first-order valence-electron chi connectivity index (χ1n) is 9.83. The number of ether oxygens (including phenoxy) is 1. The number of methoxy groups -OCH3 is 1. The van der Waals surface area contributed by atoms with Gasteiger partial charge in [-0.15, -0.1) is 0 Å². The van der Waals surface area contributed by atoms with Crippen LogP contribution in [0.25, 0.3) is 0 Å². The first-order chi connectivity index (χ1) is 15.8. The molecule has 0 bridgehead atoms. The van der Waals surface area contributed by atoms with E-state index < -0.39 is 29.5 Å². The van der Waals surface area contributed by atoms with Gasteiger partial charge in [-0.1, -0.05) is 23.7 Å². The molecule has 1 atom stereocenters. The Bertz CT molecular complexity index is 1250. The number of fused-ring (bicyclic) bond motifs is 1. The van der Waals surface area contributed by atoms with Crippen LogP contribution >= 0.6 is 11.6 Å². The zero-order valence-corrected chi connectivity index (χ0v) is 18.1. The number of hydrogen-bond donors (Lipinski definition) is 2. The maximum atomic E-state index is 13.5. The van der Waals surface area contributed by atoms with Crippen LogP contribution in [0.4, 0.5) is 11.4 Å². The molecule has 8 nitrogen and oxygen atoms in total. The van der Waals surface area contributed by atoms with Crippen LogP contribution in [0.3, 0.4) is 0 Å². The lowest BCUT2D eigenvalue weighted by molar-refractivity contribution is -0.118. The fourth-order valence-electron chi connectivity index (χ4n) is 3.55. The zero-order chi connectivity index (χ0) is 23.7. The number of halogens is 1. The molecule has 166 valence electrons. The van der Waals surface area contributed by atoms with Gasteiger partial charge in [0.1, 0.15) is 5.75 Å². The van der Waals surface area contributed by atoms with Crippen LogP contribution in [0, 0.1) is 0 Å². The third-order valence-corrected chi connectivity index (χ3v) is 5.53. The highest BCUT2D eigenvalue weighted by molar-refractivity contribution is 6.34. The molecule has 33 heavy (non-hydrogen) atoms. The SMILES string of the molecule is COc1ccc(C(=O)C(C(=O)Nc2cc(N)ccc2Cl)N2C(=O)c3ccccc3C2=O)cc1. The molecule has 9 heteroatoms. The van der Waals surface area contributed by atoms with Crippen LogP contribution in [0.5, 0.6) is 5.75 Å². The summed E-state index contributed by atoms with van der Waals surface area (Å²) in [6.45, 7) is 0. The van der Waals surface area contributed by atoms with Crippen LogP contribution < -0.4 is 15.8 Å². The lowest BCUT2D eigenvalue weighted by atomic mass is 10.0. The van der Waals surface area contributed by atoms with Crippen LogP contribution in [0.15, 0.2) is 66.7 Å². The van der Waals surface area contributed by atoms with Crippen LogP contribution in [-0.4, -0.2) is 41.6 Å². The molecule has 0 saturated carbocycles. The molecule has 0 saturated heterocycles. The number of ketones is 1. The number of anilines is 2. The van der Waals surface area contributed by atoms with Crippen molar-refractivity contribution < 1.29 is 23.9 Å². The van der Waals surface area contributed by atoms with E-state index in [1.807, 2.05) is 0 Å². The van der Waals surface area contributed by atoms with Crippen molar-refractivity contribution in [1.82, 2.24) is 4.90 Å². The largest absolute Gasteiger partial charge is 0.497 e. The highest BCUT2D eigenvalue weighted by Crippen LogP contribution is 2.29. The molecule has 3 amide bonds. The van der Waals surface area contributed by atoms with Gasteiger partial charge in [-0.05, 0) is 54.6 Å². The van der Waals surface area contributed by atoms with Crippen molar-refractivity contribution in [3.63, 3.8) is 0 Å². The van der Waals surface area contributed by atoms with Crippen molar-refractivity contribution >= 4 is 46.5 Å². The number of carbonyl (C=O) groups excluding carboxylic acids is 4. The smallest absolute Gasteiger partial charge is 0.262 e. The van der Waals surface area contributed by atoms with E-state index in [2.05, 4.69) is 5.32 Å². The number of rotatable bonds is 6. The standard InChI is InChI=1S/C24H18ClN3O5/c1-33-15-9-6-13(7-10-15)21(29)20(22(30)27-19-12-14(26)8-11-18(19)25)28-23(31)16-4-2-3-5-17(16)24(28)32/h2-12,20H,26H2,1H3,(H,27,30). The van der Waals surface area contributed by atoms with Gasteiger partial charge in [-0.25, -0.2) is 0 Å². The maximum Gasteiger partial charge on any atom is 0.262 e. The molecule has 1 unspecified atom stereocenters. The number of carbonyl (C=O) groups is 4. The normalized spacial score (nSPS) is 13.5. The Morgan fingerprint density at radius 2 is 1.58 bits per heavy atom. The van der Waals surface area contributed by atoms with Crippen molar-refractivity contribution in [1.29, 1.82) is 0 Å². The van der Waals surface area contributed by atoms with Gasteiger partial charge < -0.3 is 15.8 Å². The van der Waals surface area contributed by atoms with Crippen molar-refractivity contribution in [3.05, 3.63) is 88.4 Å². The van der Waals surface area contributed by atoms with E-state index in [9.17, 15) is 19.2 Å². The molecule has 0 aliphatic carbocycles. The van der Waals surface area contributed by atoms with Gasteiger partial charge in [0.2, 0.25) is 0 Å². The van der Waals surface area contributed by atoms with Crippen molar-refractivity contribution in [3.8, 4) is 5.75 Å². The van der Waals surface area contributed by atoms with E-state index in [0.29, 0.717) is 16.3 Å². The molecule has 1 heterocycles. The Kier molecular flexibility index (Phi) is 5.85. The number of hydrogen-bond acceptors (Lipinski definition) is 6. The summed E-state index contributed by atoms with van der Waals surface area (Å²) in [6, 6.07) is 14.8. The molecule has 3 N–H and O–H groups in total. The molecule has 0 radical (unpaired) electrons. The van der Waals surface area contributed by atoms with Crippen LogP contribution in [-0.2, 0) is 4.79 Å². The second-order valence-electron chi connectivity index (χ2n) is 7.25. The second-order valence-corrected chi connectivity index (χ2v) is 7.66. The third kappa shape index (κ3) is 4.04. The number of imide groups is 1. The molecule has 1 aliphatic heterocycles. The van der Waals surface area contributed by atoms with Gasteiger partial charge in [0, 0.05) is 11.3 Å². The highest BCUT2D eigenvalue weighted by Gasteiger charge is 2.46. The maximum absolute atomic E-state index is 13.5. The number of nitrogen functional groups attached to an aromatic ring is 1. The summed E-state index contributed by atoms with van der Waals surface area (Å²) in [7, 11) is 1.47. The monoisotopic (exact) mass is 463 g/mol. The van der Waals surface area contributed by atoms with Crippen molar-refractivity contribution in [2.45, 2.75) is 6.04 Å². The Morgan fingerprint density at radius 1 is 0.970 bits per heavy atom. The Labute approximate surface area is 193 Å². The number of nitrogens with zero attached hydrogens (tertiary/aromatic N) is 1. The minimum absolute atomic E-state index is 0.116. The van der Waals surface area contributed by atoms with E-state index >= 15 is 0 Å². The van der Waals surface area contributed by atoms with E-state index in [0.717, 1.165) is 0 Å². The summed E-state index contributed by atoms with van der Waals surface area (Å²) in [4.78, 5) is 53.6. The molecule has 4 rings (SSSR count). The Hall–Kier alpha value is -4.17. The average Bonchev–Trinajstić information content (AvgIpc) is 3.07. The van der Waals surface area contributed by atoms with E-state index in [1.54, 1.807) is 30.3 Å². The number of nitrogens with two attached hydrogens (primary N) is 1. The van der Waals surface area contributed by atoms with Crippen LogP contribution in [0.2, 0.25) is 5.02 Å². The molecule has 1 aliphatic rings. The number of Topliss-reactive ketones (excluding diaryl/α,β-unsaturated/α-hetero) is 1. The lowest BCUT2D eigenvalue weighted by Gasteiger charge is -2.24. The fraction of sp³-hybridized carbons (Fsp3) is 0.0833. The van der Waals surface area contributed by atoms with Crippen LogP contribution in [0.1, 0.15) is 31.1 Å². The van der Waals surface area contributed by atoms with Gasteiger partial charge in [0.15, 0.2) is 11.8 Å². The number of amides is 3. The quantitative estimate of drug-likeness (QED) is 0.250. The molecule has 3 aromatic rings. The predicted molar refractivity (Wildman–Crippen MR) is 123 cm³/mol. The zero-order valence-electron chi connectivity index (χ0n) is 17.4. The summed E-state index contributed by atoms with van der Waals surface area (Å²) in [5.41, 5.74) is 6.59. The number of nitrogens with one attached hydrogen (secondary N) is 1. The average molecular weight is 464 g/mol. The lowest BCUT2D eigenvalue weighted by Crippen LogP contribution is -2.52. The molecule has 0 spiro atoms. The molecule has 0 aromatic heterocycles. The first-order valence-corrected chi connectivity index (χ1v) is 10.2. The predicted octanol–water partition coefficient (Wildman–Crippen LogP) is 3.42. The van der Waals surface area contributed by atoms with Gasteiger partial charge in [0.25, 0.3) is 17.7 Å². The first kappa shape index (κ1) is 22.0. The van der Waals surface area contributed by atoms with Gasteiger partial charge in [-0.2, -0.15) is 0 Å². The topological polar surface area (TPSA) is 119 Å². The van der Waals surface area contributed by atoms with Crippen molar-refractivity contribution in [2.24, 2.45) is 0 Å². The molecular formula is C24H18ClN3O5. The molecule has 0 fully saturated rings. The van der Waals surface area contributed by atoms with Gasteiger partial charge >= 0.3 is 0 Å². The minimum Gasteiger partial charge on any atom is -0.497 e. The fourth-order valence-corrected chi connectivity index (χ4v) is 3.71. The second kappa shape index (κ2) is 8.76. The van der Waals surface area contributed by atoms with E-state index in [4.69, 9.17) is 22.1 Å². The van der Waals surface area contributed by atoms with Crippen molar-refractivity contribution in [2.75, 3.05) is 18.2 Å². The number of benzene rings is 3. The molecule has 3 aromatic carbocycles. The Balaban J connectivity index is 1.76. The van der Waals surface area contributed by atoms with Gasteiger partial charge in [-0.3, -0.25) is 24.1 Å². The summed E-state index contributed by atoms with van der Waals surface area (Å²) in [5, 5.41) is 2.70. The third-order valence-electron chi connectivity index (χ3n) is 5.20. The summed E-state index contributed by atoms with van der Waals surface area (Å²) < 4.78 is 5.10. The highest BCUT2D eigenvalue weighted by atomic mass is 35.5. The molecular weight excluding hydrogens is 446 g/mol. The van der Waals surface area contributed by atoms with E-state index in [-0.39, 0.29) is 27.4 Å². The summed E-state index contributed by atoms with van der Waals surface area (Å²) >= 11 is 6.15. The minimum atomic E-state index is -1.77. The van der Waals surface area contributed by atoms with E-state index in [1.165, 1.54) is 43.5 Å².